The minimum Gasteiger partial charge on any atom is -0.357 e. The van der Waals surface area contributed by atoms with Crippen LogP contribution >= 0.6 is 35.3 Å². The molecule has 0 aliphatic rings. The first-order valence-electron chi connectivity index (χ1n) is 7.16. The van der Waals surface area contributed by atoms with Gasteiger partial charge in [0.1, 0.15) is 0 Å². The quantitative estimate of drug-likeness (QED) is 0.385. The Bertz CT molecular complexity index is 476. The number of aryl methyl sites for hydroxylation is 1. The molecule has 1 aromatic rings. The molecule has 2 N–H and O–H groups in total. The van der Waals surface area contributed by atoms with E-state index in [1.807, 2.05) is 13.8 Å². The standard InChI is InChI=1S/C14H25N5OS.HI/c1-5-15-14(17-9-7-13(20)19(3)4)16-8-6-12-10-21-11(2)18-12;/h10H,5-9H2,1-4H3,(H2,15,16,17);1H. The van der Waals surface area contributed by atoms with E-state index in [1.165, 1.54) is 0 Å². The zero-order valence-corrected chi connectivity index (χ0v) is 16.8. The molecule has 0 unspecified atom stereocenters. The van der Waals surface area contributed by atoms with Crippen molar-refractivity contribution < 1.29 is 4.79 Å². The van der Waals surface area contributed by atoms with Gasteiger partial charge in [-0.05, 0) is 13.8 Å². The summed E-state index contributed by atoms with van der Waals surface area (Å²) in [5.41, 5.74) is 1.10. The number of nitrogens with one attached hydrogen (secondary N) is 2. The third-order valence-electron chi connectivity index (χ3n) is 2.78. The first-order chi connectivity index (χ1) is 10.0. The van der Waals surface area contributed by atoms with Crippen LogP contribution in [-0.4, -0.2) is 55.5 Å². The van der Waals surface area contributed by atoms with E-state index in [0.717, 1.165) is 36.2 Å². The van der Waals surface area contributed by atoms with E-state index in [4.69, 9.17) is 0 Å². The van der Waals surface area contributed by atoms with Crippen molar-refractivity contribution in [3.63, 3.8) is 0 Å². The lowest BCUT2D eigenvalue weighted by Crippen LogP contribution is -2.38. The summed E-state index contributed by atoms with van der Waals surface area (Å²) < 4.78 is 0. The van der Waals surface area contributed by atoms with Gasteiger partial charge in [-0.15, -0.1) is 35.3 Å². The minimum absolute atomic E-state index is 0. The lowest BCUT2D eigenvalue weighted by atomic mass is 10.3. The number of halogens is 1. The molecule has 0 atom stereocenters. The Balaban J connectivity index is 0.00000441. The van der Waals surface area contributed by atoms with Gasteiger partial charge in [0.15, 0.2) is 5.96 Å². The molecule has 0 spiro atoms. The van der Waals surface area contributed by atoms with Crippen molar-refractivity contribution in [2.24, 2.45) is 4.99 Å². The SMILES string of the molecule is CCNC(=NCCC(=O)N(C)C)NCCc1csc(C)n1.I. The van der Waals surface area contributed by atoms with Gasteiger partial charge in [-0.1, -0.05) is 0 Å². The van der Waals surface area contributed by atoms with Gasteiger partial charge >= 0.3 is 0 Å². The van der Waals surface area contributed by atoms with Crippen LogP contribution in [0.3, 0.4) is 0 Å². The number of carbonyl (C=O) groups excluding carboxylic acids is 1. The van der Waals surface area contributed by atoms with Crippen LogP contribution in [-0.2, 0) is 11.2 Å². The number of aliphatic imine (C=N–C) groups is 1. The number of amides is 1. The Labute approximate surface area is 153 Å². The third-order valence-corrected chi connectivity index (χ3v) is 3.60. The summed E-state index contributed by atoms with van der Waals surface area (Å²) >= 11 is 1.67. The maximum absolute atomic E-state index is 11.5. The number of nitrogens with zero attached hydrogens (tertiary/aromatic N) is 3. The molecular weight excluding hydrogens is 413 g/mol. The molecule has 126 valence electrons. The van der Waals surface area contributed by atoms with Crippen molar-refractivity contribution in [2.75, 3.05) is 33.7 Å². The van der Waals surface area contributed by atoms with Crippen LogP contribution in [0.2, 0.25) is 0 Å². The predicted octanol–water partition coefficient (Wildman–Crippen LogP) is 1.65. The summed E-state index contributed by atoms with van der Waals surface area (Å²) in [5.74, 6) is 0.837. The van der Waals surface area contributed by atoms with Crippen molar-refractivity contribution in [1.29, 1.82) is 0 Å². The highest BCUT2D eigenvalue weighted by molar-refractivity contribution is 14.0. The molecule has 0 saturated carbocycles. The molecule has 0 aliphatic carbocycles. The number of rotatable bonds is 7. The second-order valence-electron chi connectivity index (χ2n) is 4.83. The van der Waals surface area contributed by atoms with E-state index < -0.39 is 0 Å². The Hall–Kier alpha value is -0.900. The average molecular weight is 439 g/mol. The van der Waals surface area contributed by atoms with E-state index in [-0.39, 0.29) is 29.9 Å². The summed E-state index contributed by atoms with van der Waals surface area (Å²) in [6.07, 6.45) is 1.29. The molecule has 0 radical (unpaired) electrons. The molecule has 1 heterocycles. The number of carbonyl (C=O) groups is 1. The summed E-state index contributed by atoms with van der Waals surface area (Å²) in [6, 6.07) is 0. The topological polar surface area (TPSA) is 69.6 Å². The van der Waals surface area contributed by atoms with Crippen LogP contribution in [0.1, 0.15) is 24.0 Å². The van der Waals surface area contributed by atoms with Crippen molar-refractivity contribution in [2.45, 2.75) is 26.7 Å². The van der Waals surface area contributed by atoms with E-state index >= 15 is 0 Å². The maximum Gasteiger partial charge on any atom is 0.223 e. The molecular formula is C14H26IN5OS. The van der Waals surface area contributed by atoms with E-state index in [9.17, 15) is 4.79 Å². The summed E-state index contributed by atoms with van der Waals surface area (Å²) in [7, 11) is 3.51. The van der Waals surface area contributed by atoms with E-state index in [2.05, 4.69) is 26.0 Å². The van der Waals surface area contributed by atoms with Gasteiger partial charge in [-0.2, -0.15) is 0 Å². The lowest BCUT2D eigenvalue weighted by molar-refractivity contribution is -0.128. The van der Waals surface area contributed by atoms with Crippen molar-refractivity contribution >= 4 is 47.2 Å². The molecule has 0 fully saturated rings. The van der Waals surface area contributed by atoms with E-state index in [1.54, 1.807) is 30.3 Å². The van der Waals surface area contributed by atoms with Crippen LogP contribution in [0.25, 0.3) is 0 Å². The third kappa shape index (κ3) is 8.52. The number of guanidine groups is 1. The molecule has 0 aliphatic heterocycles. The summed E-state index contributed by atoms with van der Waals surface area (Å²) in [4.78, 5) is 21.9. The van der Waals surface area contributed by atoms with Crippen LogP contribution in [0.4, 0.5) is 0 Å². The second kappa shape index (κ2) is 11.6. The molecule has 0 saturated heterocycles. The number of hydrogen-bond donors (Lipinski definition) is 2. The number of thiazole rings is 1. The molecule has 1 amide bonds. The zero-order valence-electron chi connectivity index (χ0n) is 13.7. The summed E-state index contributed by atoms with van der Waals surface area (Å²) in [5, 5.41) is 9.60. The van der Waals surface area contributed by atoms with Crippen LogP contribution in [0.5, 0.6) is 0 Å². The Kier molecular flexibility index (Phi) is 11.2. The first kappa shape index (κ1) is 21.1. The average Bonchev–Trinajstić information content (AvgIpc) is 2.84. The van der Waals surface area contributed by atoms with Crippen molar-refractivity contribution in [1.82, 2.24) is 20.5 Å². The fourth-order valence-corrected chi connectivity index (χ4v) is 2.31. The molecule has 1 rings (SSSR count). The minimum atomic E-state index is 0. The van der Waals surface area contributed by atoms with Crippen LogP contribution in [0.15, 0.2) is 10.4 Å². The van der Waals surface area contributed by atoms with Gasteiger partial charge in [0.2, 0.25) is 5.91 Å². The van der Waals surface area contributed by atoms with Gasteiger partial charge in [-0.25, -0.2) is 4.98 Å². The number of aromatic nitrogens is 1. The second-order valence-corrected chi connectivity index (χ2v) is 5.90. The highest BCUT2D eigenvalue weighted by Gasteiger charge is 2.04. The Morgan fingerprint density at radius 3 is 2.68 bits per heavy atom. The molecule has 8 heteroatoms. The Morgan fingerprint density at radius 1 is 1.41 bits per heavy atom. The van der Waals surface area contributed by atoms with Crippen LogP contribution < -0.4 is 10.6 Å². The highest BCUT2D eigenvalue weighted by Crippen LogP contribution is 2.07. The lowest BCUT2D eigenvalue weighted by Gasteiger charge is -2.12. The predicted molar refractivity (Wildman–Crippen MR) is 103 cm³/mol. The van der Waals surface area contributed by atoms with Crippen molar-refractivity contribution in [3.8, 4) is 0 Å². The normalized spacial score (nSPS) is 10.8. The Morgan fingerprint density at radius 2 is 2.14 bits per heavy atom. The van der Waals surface area contributed by atoms with Gasteiger partial charge < -0.3 is 15.5 Å². The van der Waals surface area contributed by atoms with Gasteiger partial charge in [0.25, 0.3) is 0 Å². The fourth-order valence-electron chi connectivity index (χ4n) is 1.66. The molecule has 22 heavy (non-hydrogen) atoms. The fraction of sp³-hybridized carbons (Fsp3) is 0.643. The molecule has 0 aromatic carbocycles. The maximum atomic E-state index is 11.5. The first-order valence-corrected chi connectivity index (χ1v) is 8.04. The van der Waals surface area contributed by atoms with Gasteiger partial charge in [-0.3, -0.25) is 9.79 Å². The van der Waals surface area contributed by atoms with Gasteiger partial charge in [0.05, 0.1) is 17.2 Å². The summed E-state index contributed by atoms with van der Waals surface area (Å²) in [6.45, 7) is 6.09. The van der Waals surface area contributed by atoms with Crippen molar-refractivity contribution in [3.05, 3.63) is 16.1 Å². The number of hydrogen-bond acceptors (Lipinski definition) is 4. The molecule has 0 bridgehead atoms. The highest BCUT2D eigenvalue weighted by atomic mass is 127. The monoisotopic (exact) mass is 439 g/mol. The molecule has 6 nitrogen and oxygen atoms in total. The largest absolute Gasteiger partial charge is 0.357 e. The smallest absolute Gasteiger partial charge is 0.223 e. The van der Waals surface area contributed by atoms with Crippen LogP contribution in [0, 0.1) is 6.92 Å². The molecule has 1 aromatic heterocycles. The van der Waals surface area contributed by atoms with E-state index in [0.29, 0.717) is 13.0 Å². The van der Waals surface area contributed by atoms with Gasteiger partial charge in [0, 0.05) is 45.4 Å². The zero-order chi connectivity index (χ0) is 15.7.